The van der Waals surface area contributed by atoms with E-state index in [1.165, 1.54) is 23.5 Å². The van der Waals surface area contributed by atoms with Crippen molar-refractivity contribution in [2.24, 2.45) is 0 Å². The van der Waals surface area contributed by atoms with Gasteiger partial charge in [-0.05, 0) is 55.7 Å². The lowest BCUT2D eigenvalue weighted by atomic mass is 9.96. The fourth-order valence-electron chi connectivity index (χ4n) is 4.39. The second-order valence-electron chi connectivity index (χ2n) is 7.92. The van der Waals surface area contributed by atoms with Crippen LogP contribution in [0, 0.1) is 5.82 Å². The molecule has 4 aromatic rings. The summed E-state index contributed by atoms with van der Waals surface area (Å²) in [6.07, 6.45) is 1.50. The molecular weight excluding hydrogens is 417 g/mol. The molecular formula is C23H18FN3O3S. The number of nitrogens with zero attached hydrogens (tertiary/aromatic N) is 2. The molecule has 1 unspecified atom stereocenters. The first-order valence-electron chi connectivity index (χ1n) is 10.0. The molecule has 156 valence electrons. The molecule has 0 saturated carbocycles. The second-order valence-corrected chi connectivity index (χ2v) is 8.92. The van der Waals surface area contributed by atoms with Crippen molar-refractivity contribution in [2.75, 3.05) is 17.4 Å². The first-order valence-corrected chi connectivity index (χ1v) is 10.9. The van der Waals surface area contributed by atoms with Gasteiger partial charge in [-0.2, -0.15) is 0 Å². The first kappa shape index (κ1) is 18.4. The van der Waals surface area contributed by atoms with Crippen molar-refractivity contribution in [3.8, 4) is 11.5 Å². The summed E-state index contributed by atoms with van der Waals surface area (Å²) in [6.45, 7) is 2.20. The van der Waals surface area contributed by atoms with Crippen LogP contribution in [0.2, 0.25) is 0 Å². The molecule has 2 aliphatic rings. The molecule has 0 fully saturated rings. The molecule has 6 rings (SSSR count). The lowest BCUT2D eigenvalue weighted by Gasteiger charge is -2.35. The second kappa shape index (κ2) is 6.55. The lowest BCUT2D eigenvalue weighted by molar-refractivity contribution is 0.0980. The summed E-state index contributed by atoms with van der Waals surface area (Å²) in [5, 5.41) is 1.61. The van der Waals surface area contributed by atoms with Gasteiger partial charge >= 0.3 is 0 Å². The van der Waals surface area contributed by atoms with Gasteiger partial charge in [0, 0.05) is 28.6 Å². The minimum absolute atomic E-state index is 0.0145. The zero-order valence-electron chi connectivity index (χ0n) is 16.6. The van der Waals surface area contributed by atoms with E-state index in [1.54, 1.807) is 11.0 Å². The molecule has 8 heteroatoms. The van der Waals surface area contributed by atoms with Gasteiger partial charge in [0.2, 0.25) is 6.79 Å². The van der Waals surface area contributed by atoms with E-state index in [0.717, 1.165) is 40.4 Å². The number of nitrogen functional groups attached to an aromatic ring is 1. The monoisotopic (exact) mass is 435 g/mol. The average Bonchev–Trinajstić information content (AvgIpc) is 3.34. The summed E-state index contributed by atoms with van der Waals surface area (Å²) in [4.78, 5) is 21.2. The number of carbonyl (C=O) groups is 1. The number of halogens is 1. The number of hydrogen-bond acceptors (Lipinski definition) is 6. The number of nitrogens with two attached hydrogens (primary N) is 1. The highest BCUT2D eigenvalue weighted by Gasteiger charge is 2.32. The van der Waals surface area contributed by atoms with Crippen LogP contribution >= 0.6 is 11.3 Å². The summed E-state index contributed by atoms with van der Waals surface area (Å²) in [5.41, 5.74) is 9.20. The zero-order chi connectivity index (χ0) is 21.3. The predicted octanol–water partition coefficient (Wildman–Crippen LogP) is 4.88. The van der Waals surface area contributed by atoms with Crippen molar-refractivity contribution in [1.82, 2.24) is 4.98 Å². The summed E-state index contributed by atoms with van der Waals surface area (Å²) < 4.78 is 24.6. The lowest BCUT2D eigenvalue weighted by Crippen LogP contribution is -2.42. The van der Waals surface area contributed by atoms with Crippen LogP contribution in [0.4, 0.5) is 15.8 Å². The SMILES string of the molecule is CC1CCc2cc(F)ccc2N1C(=O)c1sc2nc3cc4c(cc3cc2c1N)OCO4. The van der Waals surface area contributed by atoms with E-state index in [4.69, 9.17) is 20.2 Å². The number of aryl methyl sites for hydroxylation is 1. The van der Waals surface area contributed by atoms with Crippen LogP contribution in [-0.4, -0.2) is 23.7 Å². The molecule has 2 aliphatic heterocycles. The van der Waals surface area contributed by atoms with Gasteiger partial charge in [0.15, 0.2) is 11.5 Å². The van der Waals surface area contributed by atoms with Gasteiger partial charge in [0.1, 0.15) is 15.5 Å². The summed E-state index contributed by atoms with van der Waals surface area (Å²) in [5.74, 6) is 0.854. The Bertz CT molecular complexity index is 1400. The van der Waals surface area contributed by atoms with Crippen LogP contribution in [-0.2, 0) is 6.42 Å². The normalized spacial score (nSPS) is 17.4. The maximum Gasteiger partial charge on any atom is 0.270 e. The molecule has 0 spiro atoms. The Kier molecular flexibility index (Phi) is 3.89. The van der Waals surface area contributed by atoms with E-state index in [-0.39, 0.29) is 24.6 Å². The fourth-order valence-corrected chi connectivity index (χ4v) is 5.41. The Balaban J connectivity index is 1.48. The van der Waals surface area contributed by atoms with Crippen LogP contribution in [0.3, 0.4) is 0 Å². The summed E-state index contributed by atoms with van der Waals surface area (Å²) in [6, 6.07) is 10.2. The Labute approximate surface area is 181 Å². The molecule has 0 aliphatic carbocycles. The van der Waals surface area contributed by atoms with E-state index in [9.17, 15) is 9.18 Å². The van der Waals surface area contributed by atoms with E-state index < -0.39 is 0 Å². The minimum atomic E-state index is -0.294. The van der Waals surface area contributed by atoms with Crippen molar-refractivity contribution < 1.29 is 18.7 Å². The molecule has 2 aromatic heterocycles. The number of anilines is 2. The third-order valence-electron chi connectivity index (χ3n) is 5.99. The predicted molar refractivity (Wildman–Crippen MR) is 119 cm³/mol. The van der Waals surface area contributed by atoms with Crippen molar-refractivity contribution >= 4 is 49.7 Å². The first-order chi connectivity index (χ1) is 15.0. The molecule has 0 saturated heterocycles. The van der Waals surface area contributed by atoms with Crippen LogP contribution in [0.25, 0.3) is 21.1 Å². The Morgan fingerprint density at radius 3 is 2.87 bits per heavy atom. The Morgan fingerprint density at radius 1 is 1.23 bits per heavy atom. The molecule has 1 amide bonds. The van der Waals surface area contributed by atoms with E-state index >= 15 is 0 Å². The molecule has 0 bridgehead atoms. The molecule has 2 N–H and O–H groups in total. The summed E-state index contributed by atoms with van der Waals surface area (Å²) in [7, 11) is 0. The van der Waals surface area contributed by atoms with E-state index in [1.807, 2.05) is 25.1 Å². The van der Waals surface area contributed by atoms with Crippen LogP contribution in [0.15, 0.2) is 36.4 Å². The van der Waals surface area contributed by atoms with Crippen molar-refractivity contribution in [3.63, 3.8) is 0 Å². The van der Waals surface area contributed by atoms with Gasteiger partial charge in [-0.15, -0.1) is 11.3 Å². The molecule has 31 heavy (non-hydrogen) atoms. The highest BCUT2D eigenvalue weighted by atomic mass is 32.1. The van der Waals surface area contributed by atoms with Crippen molar-refractivity contribution in [2.45, 2.75) is 25.8 Å². The number of carbonyl (C=O) groups excluding carboxylic acids is 1. The third kappa shape index (κ3) is 2.75. The molecule has 6 nitrogen and oxygen atoms in total. The number of aromatic nitrogens is 1. The highest BCUT2D eigenvalue weighted by Crippen LogP contribution is 2.41. The number of pyridine rings is 1. The maximum absolute atomic E-state index is 13.7. The number of amides is 1. The van der Waals surface area contributed by atoms with Crippen LogP contribution < -0.4 is 20.1 Å². The number of hydrogen-bond donors (Lipinski definition) is 1. The summed E-state index contributed by atoms with van der Waals surface area (Å²) >= 11 is 1.28. The average molecular weight is 435 g/mol. The van der Waals surface area contributed by atoms with Gasteiger partial charge in [0.25, 0.3) is 5.91 Å². The Hall–Kier alpha value is -3.39. The quantitative estimate of drug-likeness (QED) is 0.461. The minimum Gasteiger partial charge on any atom is -0.454 e. The number of ether oxygens (including phenoxy) is 2. The van der Waals surface area contributed by atoms with Crippen molar-refractivity contribution in [1.29, 1.82) is 0 Å². The number of benzene rings is 2. The molecule has 4 heterocycles. The smallest absolute Gasteiger partial charge is 0.270 e. The molecule has 1 atom stereocenters. The van der Waals surface area contributed by atoms with Gasteiger partial charge < -0.3 is 20.1 Å². The topological polar surface area (TPSA) is 77.7 Å². The third-order valence-corrected chi connectivity index (χ3v) is 7.10. The van der Waals surface area contributed by atoms with Gasteiger partial charge in [0.05, 0.1) is 11.2 Å². The van der Waals surface area contributed by atoms with Crippen LogP contribution in [0.5, 0.6) is 11.5 Å². The molecule has 0 radical (unpaired) electrons. The fraction of sp³-hybridized carbons (Fsp3) is 0.217. The number of thiophene rings is 1. The highest BCUT2D eigenvalue weighted by molar-refractivity contribution is 7.21. The van der Waals surface area contributed by atoms with E-state index in [2.05, 4.69) is 0 Å². The largest absolute Gasteiger partial charge is 0.454 e. The van der Waals surface area contributed by atoms with Gasteiger partial charge in [-0.25, -0.2) is 9.37 Å². The molecule has 2 aromatic carbocycles. The Morgan fingerprint density at radius 2 is 2.03 bits per heavy atom. The number of fused-ring (bicyclic) bond motifs is 4. The maximum atomic E-state index is 13.7. The zero-order valence-corrected chi connectivity index (χ0v) is 17.5. The number of rotatable bonds is 1. The van der Waals surface area contributed by atoms with Gasteiger partial charge in [-0.1, -0.05) is 0 Å². The van der Waals surface area contributed by atoms with Crippen molar-refractivity contribution in [3.05, 3.63) is 52.7 Å². The van der Waals surface area contributed by atoms with Gasteiger partial charge in [-0.3, -0.25) is 4.79 Å². The van der Waals surface area contributed by atoms with Crippen LogP contribution in [0.1, 0.15) is 28.6 Å². The standard InChI is InChI=1S/C23H18FN3O3S/c1-11-2-3-12-6-14(24)4-5-17(12)27(11)23(28)21-20(25)15-7-13-8-18-19(30-10-29-18)9-16(13)26-22(15)31-21/h4-9,11H,2-3,10,25H2,1H3. The van der Waals surface area contributed by atoms with E-state index in [0.29, 0.717) is 26.9 Å².